The molecule has 0 aliphatic carbocycles. The molecule has 2 unspecified atom stereocenters. The fourth-order valence-corrected chi connectivity index (χ4v) is 4.37. The van der Waals surface area contributed by atoms with Crippen molar-refractivity contribution >= 4 is 22.7 Å². The molecule has 0 spiro atoms. The molecular weight excluding hydrogens is 358 g/mol. The number of methoxy groups -OCH3 is 1. The molecule has 3 aromatic rings. The molecule has 150 valence electrons. The second-order valence-corrected chi connectivity index (χ2v) is 7.95. The van der Waals surface area contributed by atoms with Gasteiger partial charge in [-0.3, -0.25) is 4.79 Å². The Kier molecular flexibility index (Phi) is 4.97. The van der Waals surface area contributed by atoms with Gasteiger partial charge in [0.1, 0.15) is 6.54 Å². The van der Waals surface area contributed by atoms with Gasteiger partial charge in [-0.05, 0) is 30.4 Å². The van der Waals surface area contributed by atoms with Gasteiger partial charge in [-0.25, -0.2) is 13.9 Å². The number of carbonyl (C=O) groups excluding carboxylic acids is 1. The molecule has 1 saturated heterocycles. The molecular formula is C20H27N5O3. The van der Waals surface area contributed by atoms with E-state index in [1.165, 1.54) is 4.68 Å². The zero-order valence-corrected chi connectivity index (χ0v) is 16.7. The predicted octanol–water partition coefficient (Wildman–Crippen LogP) is 1.60. The summed E-state index contributed by atoms with van der Waals surface area (Å²) in [6.07, 6.45) is 1.13. The number of imidazole rings is 1. The molecule has 0 radical (unpaired) electrons. The number of carbonyl (C=O) groups is 1. The third-order valence-corrected chi connectivity index (χ3v) is 5.50. The quantitative estimate of drug-likeness (QED) is 0.669. The van der Waals surface area contributed by atoms with E-state index in [4.69, 9.17) is 4.74 Å². The van der Waals surface area contributed by atoms with Crippen LogP contribution in [0.15, 0.2) is 29.1 Å². The Labute approximate surface area is 163 Å². The summed E-state index contributed by atoms with van der Waals surface area (Å²) in [4.78, 5) is 27.7. The van der Waals surface area contributed by atoms with Crippen LogP contribution in [-0.4, -0.2) is 56.4 Å². The van der Waals surface area contributed by atoms with Crippen molar-refractivity contribution in [2.75, 3.05) is 26.8 Å². The highest BCUT2D eigenvalue weighted by atomic mass is 16.5. The van der Waals surface area contributed by atoms with Gasteiger partial charge in [0.05, 0.1) is 17.6 Å². The van der Waals surface area contributed by atoms with Crippen molar-refractivity contribution in [3.63, 3.8) is 0 Å². The van der Waals surface area contributed by atoms with Crippen molar-refractivity contribution in [3.05, 3.63) is 34.7 Å². The molecule has 1 aliphatic heterocycles. The molecule has 2 aromatic heterocycles. The molecule has 28 heavy (non-hydrogen) atoms. The number of rotatable bonds is 5. The monoisotopic (exact) mass is 385 g/mol. The minimum atomic E-state index is -0.283. The Balaban J connectivity index is 1.70. The molecule has 1 amide bonds. The van der Waals surface area contributed by atoms with Crippen LogP contribution in [0.3, 0.4) is 0 Å². The summed E-state index contributed by atoms with van der Waals surface area (Å²) in [6.45, 7) is 6.88. The Bertz CT molecular complexity index is 1050. The van der Waals surface area contributed by atoms with Gasteiger partial charge in [0, 0.05) is 26.7 Å². The highest BCUT2D eigenvalue weighted by molar-refractivity contribution is 5.81. The van der Waals surface area contributed by atoms with Crippen molar-refractivity contribution in [3.8, 4) is 0 Å². The minimum Gasteiger partial charge on any atom is -0.383 e. The van der Waals surface area contributed by atoms with Gasteiger partial charge in [-0.15, -0.1) is 5.10 Å². The zero-order valence-electron chi connectivity index (χ0n) is 16.7. The molecule has 0 N–H and O–H groups in total. The van der Waals surface area contributed by atoms with E-state index >= 15 is 0 Å². The van der Waals surface area contributed by atoms with Crippen LogP contribution in [0.1, 0.15) is 20.3 Å². The van der Waals surface area contributed by atoms with Crippen LogP contribution < -0.4 is 5.69 Å². The molecule has 0 bridgehead atoms. The second-order valence-electron chi connectivity index (χ2n) is 7.95. The maximum atomic E-state index is 13.0. The standard InChI is InChI=1S/C20H27N5O3/c1-14-10-15(2)12-22(11-14)18(26)13-24-20(27)25-17-7-5-4-6-16(17)23(8-9-28-3)19(25)21-24/h4-7,14-15H,8-13H2,1-3H3. The largest absolute Gasteiger partial charge is 0.383 e. The molecule has 0 saturated carbocycles. The van der Waals surface area contributed by atoms with E-state index in [-0.39, 0.29) is 18.1 Å². The number of likely N-dealkylation sites (tertiary alicyclic amines) is 1. The number of nitrogens with zero attached hydrogens (tertiary/aromatic N) is 5. The first kappa shape index (κ1) is 18.7. The van der Waals surface area contributed by atoms with Crippen LogP contribution in [0, 0.1) is 11.8 Å². The number of aromatic nitrogens is 4. The van der Waals surface area contributed by atoms with Crippen molar-refractivity contribution in [2.24, 2.45) is 11.8 Å². The van der Waals surface area contributed by atoms with Gasteiger partial charge in [0.25, 0.3) is 0 Å². The normalized spacial score (nSPS) is 20.3. The predicted molar refractivity (Wildman–Crippen MR) is 106 cm³/mol. The molecule has 8 nitrogen and oxygen atoms in total. The van der Waals surface area contributed by atoms with E-state index in [2.05, 4.69) is 18.9 Å². The third-order valence-electron chi connectivity index (χ3n) is 5.50. The van der Waals surface area contributed by atoms with Gasteiger partial charge in [0.15, 0.2) is 0 Å². The number of benzene rings is 1. The number of ether oxygens (including phenoxy) is 1. The van der Waals surface area contributed by atoms with E-state index in [1.807, 2.05) is 33.7 Å². The molecule has 8 heteroatoms. The maximum absolute atomic E-state index is 13.0. The Morgan fingerprint density at radius 1 is 1.18 bits per heavy atom. The summed E-state index contributed by atoms with van der Waals surface area (Å²) in [5, 5.41) is 4.50. The summed E-state index contributed by atoms with van der Waals surface area (Å²) >= 11 is 0. The zero-order chi connectivity index (χ0) is 19.8. The molecule has 1 fully saturated rings. The van der Waals surface area contributed by atoms with Crippen LogP contribution in [0.2, 0.25) is 0 Å². The maximum Gasteiger partial charge on any atom is 0.352 e. The summed E-state index contributed by atoms with van der Waals surface area (Å²) < 4.78 is 10.0. The van der Waals surface area contributed by atoms with Crippen LogP contribution >= 0.6 is 0 Å². The number of hydrogen-bond donors (Lipinski definition) is 0. The van der Waals surface area contributed by atoms with Crippen molar-refractivity contribution in [1.29, 1.82) is 0 Å². The van der Waals surface area contributed by atoms with Crippen molar-refractivity contribution in [2.45, 2.75) is 33.4 Å². The Morgan fingerprint density at radius 2 is 1.86 bits per heavy atom. The van der Waals surface area contributed by atoms with Crippen LogP contribution in [-0.2, 0) is 22.6 Å². The van der Waals surface area contributed by atoms with Gasteiger partial charge in [-0.1, -0.05) is 26.0 Å². The highest BCUT2D eigenvalue weighted by Gasteiger charge is 2.27. The number of piperidine rings is 1. The summed E-state index contributed by atoms with van der Waals surface area (Å²) in [7, 11) is 1.65. The number of amides is 1. The number of para-hydroxylation sites is 2. The SMILES string of the molecule is COCCn1c2ccccc2n2c(=O)n(CC(=O)N3CC(C)CC(C)C3)nc12. The molecule has 4 rings (SSSR count). The van der Waals surface area contributed by atoms with E-state index in [9.17, 15) is 9.59 Å². The summed E-state index contributed by atoms with van der Waals surface area (Å²) in [6, 6.07) is 7.69. The second kappa shape index (κ2) is 7.43. The van der Waals surface area contributed by atoms with Gasteiger partial charge in [0.2, 0.25) is 11.7 Å². The topological polar surface area (TPSA) is 73.8 Å². The first-order valence-electron chi connectivity index (χ1n) is 9.83. The van der Waals surface area contributed by atoms with E-state index in [0.717, 1.165) is 30.5 Å². The minimum absolute atomic E-state index is 0.0292. The Hall–Kier alpha value is -2.61. The smallest absolute Gasteiger partial charge is 0.352 e. The highest BCUT2D eigenvalue weighted by Crippen LogP contribution is 2.21. The van der Waals surface area contributed by atoms with Crippen molar-refractivity contribution < 1.29 is 9.53 Å². The molecule has 1 aromatic carbocycles. The Morgan fingerprint density at radius 3 is 2.54 bits per heavy atom. The third kappa shape index (κ3) is 3.22. The number of fused-ring (bicyclic) bond motifs is 3. The van der Waals surface area contributed by atoms with E-state index in [0.29, 0.717) is 30.8 Å². The lowest BCUT2D eigenvalue weighted by atomic mass is 9.92. The average molecular weight is 385 g/mol. The lowest BCUT2D eigenvalue weighted by Crippen LogP contribution is -2.45. The number of hydrogen-bond acceptors (Lipinski definition) is 4. The summed E-state index contributed by atoms with van der Waals surface area (Å²) in [5.41, 5.74) is 1.43. The van der Waals surface area contributed by atoms with E-state index < -0.39 is 0 Å². The lowest BCUT2D eigenvalue weighted by molar-refractivity contribution is -0.134. The fourth-order valence-electron chi connectivity index (χ4n) is 4.37. The molecule has 1 aliphatic rings. The summed E-state index contributed by atoms with van der Waals surface area (Å²) in [5.74, 6) is 1.45. The molecule has 2 atom stereocenters. The van der Waals surface area contributed by atoms with E-state index in [1.54, 1.807) is 11.5 Å². The van der Waals surface area contributed by atoms with Gasteiger partial charge in [-0.2, -0.15) is 0 Å². The van der Waals surface area contributed by atoms with Gasteiger partial charge >= 0.3 is 5.69 Å². The van der Waals surface area contributed by atoms with Crippen LogP contribution in [0.5, 0.6) is 0 Å². The van der Waals surface area contributed by atoms with Crippen LogP contribution in [0.25, 0.3) is 16.8 Å². The fraction of sp³-hybridized carbons (Fsp3) is 0.550. The van der Waals surface area contributed by atoms with Gasteiger partial charge < -0.3 is 14.2 Å². The lowest BCUT2D eigenvalue weighted by Gasteiger charge is -2.34. The van der Waals surface area contributed by atoms with Crippen LogP contribution in [0.4, 0.5) is 0 Å². The first-order chi connectivity index (χ1) is 13.5. The van der Waals surface area contributed by atoms with Crippen molar-refractivity contribution in [1.82, 2.24) is 23.6 Å². The average Bonchev–Trinajstić information content (AvgIpc) is 3.14. The molecule has 3 heterocycles. The first-order valence-corrected chi connectivity index (χ1v) is 9.83.